The van der Waals surface area contributed by atoms with Crippen LogP contribution >= 0.6 is 11.8 Å². The lowest BCUT2D eigenvalue weighted by Crippen LogP contribution is -2.43. The molecule has 1 N–H and O–H groups in total. The number of nitrogens with zero attached hydrogens (tertiary/aromatic N) is 2. The second kappa shape index (κ2) is 5.64. The molecule has 1 aromatic rings. The Morgan fingerprint density at radius 1 is 1.50 bits per heavy atom. The Hall–Kier alpha value is -1.18. The zero-order valence-electron chi connectivity index (χ0n) is 10.8. The molecule has 2 unspecified atom stereocenters. The maximum Gasteiger partial charge on any atom is 0.103 e. The van der Waals surface area contributed by atoms with E-state index in [2.05, 4.69) is 17.9 Å². The third kappa shape index (κ3) is 2.47. The Bertz CT molecular complexity index is 469. The Labute approximate surface area is 112 Å². The highest BCUT2D eigenvalue weighted by Gasteiger charge is 2.26. The third-order valence-electron chi connectivity index (χ3n) is 3.60. The van der Waals surface area contributed by atoms with Crippen molar-refractivity contribution in [1.82, 2.24) is 0 Å². The smallest absolute Gasteiger partial charge is 0.103 e. The molecule has 1 aromatic carbocycles. The normalized spacial score (nSPS) is 23.8. The molecule has 96 valence electrons. The van der Waals surface area contributed by atoms with Crippen molar-refractivity contribution in [1.29, 1.82) is 5.26 Å². The van der Waals surface area contributed by atoms with Crippen molar-refractivity contribution in [3.05, 3.63) is 23.8 Å². The van der Waals surface area contributed by atoms with Crippen LogP contribution in [0.2, 0.25) is 0 Å². The first kappa shape index (κ1) is 13.3. The molecule has 0 aliphatic carbocycles. The van der Waals surface area contributed by atoms with E-state index in [4.69, 9.17) is 0 Å². The molecule has 1 fully saturated rings. The van der Waals surface area contributed by atoms with Crippen LogP contribution in [0.1, 0.15) is 18.9 Å². The van der Waals surface area contributed by atoms with E-state index in [1.165, 1.54) is 0 Å². The van der Waals surface area contributed by atoms with Gasteiger partial charge >= 0.3 is 0 Å². The van der Waals surface area contributed by atoms with Crippen LogP contribution in [-0.2, 0) is 0 Å². The summed E-state index contributed by atoms with van der Waals surface area (Å²) >= 11 is 1.59. The average Bonchev–Trinajstić information content (AvgIpc) is 2.40. The molecule has 0 amide bonds. The van der Waals surface area contributed by atoms with Crippen LogP contribution in [0.15, 0.2) is 23.1 Å². The number of aliphatic hydroxyl groups is 1. The lowest BCUT2D eigenvalue weighted by atomic mass is 9.95. The molecule has 0 bridgehead atoms. The van der Waals surface area contributed by atoms with Crippen molar-refractivity contribution in [3.63, 3.8) is 0 Å². The molecular weight excluding hydrogens is 244 g/mol. The molecular formula is C14H18N2OS. The van der Waals surface area contributed by atoms with Gasteiger partial charge in [0.25, 0.3) is 0 Å². The highest BCUT2D eigenvalue weighted by molar-refractivity contribution is 7.98. The summed E-state index contributed by atoms with van der Waals surface area (Å²) in [5, 5.41) is 19.3. The SMILES string of the molecule is CSc1cccc(N2CCC(C)C(O)C2)c1C#N. The summed E-state index contributed by atoms with van der Waals surface area (Å²) in [5.74, 6) is 0.343. The van der Waals surface area contributed by atoms with Crippen molar-refractivity contribution in [2.75, 3.05) is 24.2 Å². The van der Waals surface area contributed by atoms with E-state index in [1.807, 2.05) is 24.5 Å². The first-order valence-electron chi connectivity index (χ1n) is 6.17. The van der Waals surface area contributed by atoms with Crippen LogP contribution in [-0.4, -0.2) is 30.6 Å². The van der Waals surface area contributed by atoms with Crippen LogP contribution in [0, 0.1) is 17.2 Å². The molecule has 2 rings (SSSR count). The van der Waals surface area contributed by atoms with Crippen molar-refractivity contribution in [3.8, 4) is 6.07 Å². The number of rotatable bonds is 2. The van der Waals surface area contributed by atoms with Crippen molar-refractivity contribution >= 4 is 17.4 Å². The molecule has 0 radical (unpaired) electrons. The third-order valence-corrected chi connectivity index (χ3v) is 4.38. The average molecular weight is 262 g/mol. The fourth-order valence-electron chi connectivity index (χ4n) is 2.33. The number of thioether (sulfide) groups is 1. The summed E-state index contributed by atoms with van der Waals surface area (Å²) in [4.78, 5) is 3.13. The first-order valence-corrected chi connectivity index (χ1v) is 7.40. The van der Waals surface area contributed by atoms with E-state index in [0.29, 0.717) is 12.5 Å². The predicted molar refractivity (Wildman–Crippen MR) is 74.9 cm³/mol. The van der Waals surface area contributed by atoms with E-state index in [1.54, 1.807) is 11.8 Å². The lowest BCUT2D eigenvalue weighted by molar-refractivity contribution is 0.103. The van der Waals surface area contributed by atoms with Gasteiger partial charge in [-0.2, -0.15) is 5.26 Å². The van der Waals surface area contributed by atoms with Gasteiger partial charge in [-0.15, -0.1) is 11.8 Å². The van der Waals surface area contributed by atoms with Crippen LogP contribution < -0.4 is 4.90 Å². The number of hydrogen-bond acceptors (Lipinski definition) is 4. The van der Waals surface area contributed by atoms with Gasteiger partial charge in [0, 0.05) is 18.0 Å². The maximum atomic E-state index is 9.97. The number of benzene rings is 1. The van der Waals surface area contributed by atoms with E-state index >= 15 is 0 Å². The van der Waals surface area contributed by atoms with Crippen LogP contribution in [0.4, 0.5) is 5.69 Å². The molecule has 1 heterocycles. The number of hydrogen-bond donors (Lipinski definition) is 1. The quantitative estimate of drug-likeness (QED) is 0.832. The minimum atomic E-state index is -0.303. The number of anilines is 1. The number of piperidine rings is 1. The van der Waals surface area contributed by atoms with Crippen LogP contribution in [0.3, 0.4) is 0 Å². The largest absolute Gasteiger partial charge is 0.391 e. The van der Waals surface area contributed by atoms with E-state index in [9.17, 15) is 10.4 Å². The second-order valence-electron chi connectivity index (χ2n) is 4.75. The molecule has 1 aliphatic heterocycles. The maximum absolute atomic E-state index is 9.97. The summed E-state index contributed by atoms with van der Waals surface area (Å²) in [7, 11) is 0. The van der Waals surface area contributed by atoms with Crippen molar-refractivity contribution in [2.45, 2.75) is 24.3 Å². The predicted octanol–water partition coefficient (Wildman–Crippen LogP) is 2.49. The van der Waals surface area contributed by atoms with Gasteiger partial charge in [0.15, 0.2) is 0 Å². The van der Waals surface area contributed by atoms with E-state index in [-0.39, 0.29) is 6.10 Å². The summed E-state index contributed by atoms with van der Waals surface area (Å²) in [6, 6.07) is 8.21. The molecule has 1 aliphatic rings. The summed E-state index contributed by atoms with van der Waals surface area (Å²) in [5.41, 5.74) is 1.68. The summed E-state index contributed by atoms with van der Waals surface area (Å²) in [6.07, 6.45) is 2.64. The second-order valence-corrected chi connectivity index (χ2v) is 5.59. The number of β-amino-alcohol motifs (C(OH)–C–C–N with tert-alkyl or cyclic N) is 1. The Morgan fingerprint density at radius 2 is 2.28 bits per heavy atom. The molecule has 0 saturated carbocycles. The first-order chi connectivity index (χ1) is 8.67. The highest BCUT2D eigenvalue weighted by Crippen LogP contribution is 2.31. The summed E-state index contributed by atoms with van der Waals surface area (Å²) < 4.78 is 0. The highest BCUT2D eigenvalue weighted by atomic mass is 32.2. The van der Waals surface area contributed by atoms with Crippen molar-refractivity contribution < 1.29 is 5.11 Å². The van der Waals surface area contributed by atoms with Gasteiger partial charge in [-0.1, -0.05) is 13.0 Å². The van der Waals surface area contributed by atoms with Gasteiger partial charge < -0.3 is 10.0 Å². The standard InChI is InChI=1S/C14H18N2OS/c1-10-6-7-16(9-13(10)17)12-4-3-5-14(18-2)11(12)8-15/h3-5,10,13,17H,6-7,9H2,1-2H3. The van der Waals surface area contributed by atoms with Gasteiger partial charge in [-0.3, -0.25) is 0 Å². The molecule has 4 heteroatoms. The Balaban J connectivity index is 2.31. The molecule has 1 saturated heterocycles. The minimum absolute atomic E-state index is 0.303. The molecule has 0 spiro atoms. The summed E-state index contributed by atoms with van der Waals surface area (Å²) in [6.45, 7) is 3.60. The molecule has 18 heavy (non-hydrogen) atoms. The molecule has 2 atom stereocenters. The zero-order chi connectivity index (χ0) is 13.1. The minimum Gasteiger partial charge on any atom is -0.391 e. The van der Waals surface area contributed by atoms with Crippen LogP contribution in [0.25, 0.3) is 0 Å². The van der Waals surface area contributed by atoms with Gasteiger partial charge in [0.1, 0.15) is 6.07 Å². The molecule has 3 nitrogen and oxygen atoms in total. The Morgan fingerprint density at radius 3 is 2.89 bits per heavy atom. The van der Waals surface area contributed by atoms with E-state index < -0.39 is 0 Å². The fraction of sp³-hybridized carbons (Fsp3) is 0.500. The molecule has 0 aromatic heterocycles. The number of nitriles is 1. The van der Waals surface area contributed by atoms with Gasteiger partial charge in [0.05, 0.1) is 17.4 Å². The van der Waals surface area contributed by atoms with Gasteiger partial charge in [0.2, 0.25) is 0 Å². The monoisotopic (exact) mass is 262 g/mol. The van der Waals surface area contributed by atoms with Gasteiger partial charge in [-0.05, 0) is 30.7 Å². The fourth-order valence-corrected chi connectivity index (χ4v) is 2.90. The van der Waals surface area contributed by atoms with Crippen molar-refractivity contribution in [2.24, 2.45) is 5.92 Å². The zero-order valence-corrected chi connectivity index (χ0v) is 11.6. The number of aliphatic hydroxyl groups excluding tert-OH is 1. The van der Waals surface area contributed by atoms with Gasteiger partial charge in [-0.25, -0.2) is 0 Å². The van der Waals surface area contributed by atoms with Crippen LogP contribution in [0.5, 0.6) is 0 Å². The Kier molecular flexibility index (Phi) is 4.15. The van der Waals surface area contributed by atoms with E-state index in [0.717, 1.165) is 29.1 Å². The topological polar surface area (TPSA) is 47.3 Å². The lowest BCUT2D eigenvalue weighted by Gasteiger charge is -2.36.